The molecule has 3 nitrogen and oxygen atoms in total. The maximum Gasteiger partial charge on any atom is 0.119 e. The Labute approximate surface area is 128 Å². The van der Waals surface area contributed by atoms with Crippen molar-refractivity contribution in [2.45, 2.75) is 52.7 Å². The molecule has 0 aliphatic carbocycles. The van der Waals surface area contributed by atoms with Crippen LogP contribution in [0.3, 0.4) is 0 Å². The van der Waals surface area contributed by atoms with Gasteiger partial charge in [-0.15, -0.1) is 0 Å². The van der Waals surface area contributed by atoms with Gasteiger partial charge in [-0.05, 0) is 62.9 Å². The van der Waals surface area contributed by atoms with E-state index in [1.54, 1.807) is 0 Å². The van der Waals surface area contributed by atoms with Crippen LogP contribution < -0.4 is 4.74 Å². The van der Waals surface area contributed by atoms with Crippen molar-refractivity contribution in [1.29, 1.82) is 0 Å². The molecule has 0 bridgehead atoms. The number of rotatable bonds is 5. The Morgan fingerprint density at radius 2 is 1.71 bits per heavy atom. The first kappa shape index (κ1) is 16.3. The van der Waals surface area contributed by atoms with E-state index in [4.69, 9.17) is 4.74 Å². The highest BCUT2D eigenvalue weighted by Crippen LogP contribution is 2.30. The molecule has 1 unspecified atom stereocenters. The normalized spacial score (nSPS) is 20.5. The molecule has 0 spiro atoms. The first-order valence-corrected chi connectivity index (χ1v) is 8.03. The second kappa shape index (κ2) is 6.80. The Kier molecular flexibility index (Phi) is 5.28. The third-order valence-corrected chi connectivity index (χ3v) is 4.28. The van der Waals surface area contributed by atoms with Crippen LogP contribution in [0.4, 0.5) is 0 Å². The van der Waals surface area contributed by atoms with E-state index in [2.05, 4.69) is 18.7 Å². The molecule has 0 amide bonds. The summed E-state index contributed by atoms with van der Waals surface area (Å²) in [6.45, 7) is 11.6. The predicted octanol–water partition coefficient (Wildman–Crippen LogP) is 3.63. The highest BCUT2D eigenvalue weighted by molar-refractivity contribution is 5.28. The molecule has 21 heavy (non-hydrogen) atoms. The molecular weight excluding hydrogens is 262 g/mol. The molecule has 1 aliphatic rings. The second-order valence-electron chi connectivity index (χ2n) is 7.22. The van der Waals surface area contributed by atoms with E-state index in [0.717, 1.165) is 30.9 Å². The maximum absolute atomic E-state index is 10.4. The number of benzene rings is 1. The van der Waals surface area contributed by atoms with E-state index < -0.39 is 6.10 Å². The lowest BCUT2D eigenvalue weighted by atomic mass is 9.82. The third-order valence-electron chi connectivity index (χ3n) is 4.28. The zero-order chi connectivity index (χ0) is 15.5. The van der Waals surface area contributed by atoms with Crippen molar-refractivity contribution in [2.24, 2.45) is 5.41 Å². The smallest absolute Gasteiger partial charge is 0.119 e. The van der Waals surface area contributed by atoms with Gasteiger partial charge in [0.1, 0.15) is 5.75 Å². The van der Waals surface area contributed by atoms with Crippen molar-refractivity contribution < 1.29 is 9.84 Å². The standard InChI is InChI=1S/C18H29NO2/c1-14(2)21-16-7-5-15(6-8-16)17(20)13-19-11-9-18(3,4)10-12-19/h5-8,14,17,20H,9-13H2,1-4H3. The average molecular weight is 291 g/mol. The monoisotopic (exact) mass is 291 g/mol. The lowest BCUT2D eigenvalue weighted by Crippen LogP contribution is -2.39. The molecule has 1 atom stereocenters. The van der Waals surface area contributed by atoms with Crippen molar-refractivity contribution in [1.82, 2.24) is 4.90 Å². The van der Waals surface area contributed by atoms with Gasteiger partial charge in [0.05, 0.1) is 12.2 Å². The first-order chi connectivity index (χ1) is 9.85. The van der Waals surface area contributed by atoms with Crippen LogP contribution in [-0.2, 0) is 0 Å². The Morgan fingerprint density at radius 1 is 1.14 bits per heavy atom. The summed E-state index contributed by atoms with van der Waals surface area (Å²) in [5, 5.41) is 10.4. The highest BCUT2D eigenvalue weighted by atomic mass is 16.5. The minimum Gasteiger partial charge on any atom is -0.491 e. The third kappa shape index (κ3) is 5.01. The Balaban J connectivity index is 1.87. The Hall–Kier alpha value is -1.06. The quantitative estimate of drug-likeness (QED) is 0.899. The van der Waals surface area contributed by atoms with Gasteiger partial charge < -0.3 is 14.7 Å². The predicted molar refractivity (Wildman–Crippen MR) is 86.6 cm³/mol. The van der Waals surface area contributed by atoms with E-state index in [0.29, 0.717) is 5.41 Å². The summed E-state index contributed by atoms with van der Waals surface area (Å²) in [6.07, 6.45) is 2.18. The van der Waals surface area contributed by atoms with Crippen molar-refractivity contribution in [3.63, 3.8) is 0 Å². The molecule has 1 aliphatic heterocycles. The molecule has 1 heterocycles. The van der Waals surface area contributed by atoms with Gasteiger partial charge >= 0.3 is 0 Å². The van der Waals surface area contributed by atoms with Crippen LogP contribution in [0.15, 0.2) is 24.3 Å². The molecule has 0 radical (unpaired) electrons. The summed E-state index contributed by atoms with van der Waals surface area (Å²) in [4.78, 5) is 2.37. The van der Waals surface area contributed by atoms with Crippen LogP contribution in [0, 0.1) is 5.41 Å². The van der Waals surface area contributed by atoms with E-state index in [1.165, 1.54) is 12.8 Å². The molecular formula is C18H29NO2. The van der Waals surface area contributed by atoms with Gasteiger partial charge in [-0.3, -0.25) is 0 Å². The number of β-amino-alcohol motifs (C(OH)–C–C–N with tert-alkyl or cyclic N) is 1. The minimum absolute atomic E-state index is 0.178. The number of hydrogen-bond acceptors (Lipinski definition) is 3. The fourth-order valence-electron chi connectivity index (χ4n) is 2.73. The summed E-state index contributed by atoms with van der Waals surface area (Å²) >= 11 is 0. The summed E-state index contributed by atoms with van der Waals surface area (Å²) in [7, 11) is 0. The SMILES string of the molecule is CC(C)Oc1ccc(C(O)CN2CCC(C)(C)CC2)cc1. The van der Waals surface area contributed by atoms with Gasteiger partial charge in [-0.2, -0.15) is 0 Å². The maximum atomic E-state index is 10.4. The lowest BCUT2D eigenvalue weighted by molar-refractivity contribution is 0.0703. The average Bonchev–Trinajstić information content (AvgIpc) is 2.41. The van der Waals surface area contributed by atoms with Gasteiger partial charge in [0, 0.05) is 6.54 Å². The molecule has 1 saturated heterocycles. The molecule has 118 valence electrons. The second-order valence-corrected chi connectivity index (χ2v) is 7.22. The molecule has 0 aromatic heterocycles. The lowest BCUT2D eigenvalue weighted by Gasteiger charge is -2.37. The summed E-state index contributed by atoms with van der Waals surface area (Å²) in [5.41, 5.74) is 1.42. The Bertz CT molecular complexity index is 429. The molecule has 1 fully saturated rings. The van der Waals surface area contributed by atoms with Gasteiger partial charge in [-0.25, -0.2) is 0 Å². The molecule has 3 heteroatoms. The topological polar surface area (TPSA) is 32.7 Å². The van der Waals surface area contributed by atoms with Crippen molar-refractivity contribution in [3.05, 3.63) is 29.8 Å². The Morgan fingerprint density at radius 3 is 2.24 bits per heavy atom. The first-order valence-electron chi connectivity index (χ1n) is 8.03. The fraction of sp³-hybridized carbons (Fsp3) is 0.667. The summed E-state index contributed by atoms with van der Waals surface area (Å²) < 4.78 is 5.63. The van der Waals surface area contributed by atoms with E-state index in [1.807, 2.05) is 38.1 Å². The van der Waals surface area contributed by atoms with E-state index in [9.17, 15) is 5.11 Å². The largest absolute Gasteiger partial charge is 0.491 e. The summed E-state index contributed by atoms with van der Waals surface area (Å²) in [6, 6.07) is 7.82. The number of likely N-dealkylation sites (tertiary alicyclic amines) is 1. The minimum atomic E-state index is -0.417. The number of nitrogens with zero attached hydrogens (tertiary/aromatic N) is 1. The number of aliphatic hydroxyl groups is 1. The highest BCUT2D eigenvalue weighted by Gasteiger charge is 2.26. The van der Waals surface area contributed by atoms with Crippen LogP contribution in [-0.4, -0.2) is 35.7 Å². The van der Waals surface area contributed by atoms with Crippen LogP contribution >= 0.6 is 0 Å². The van der Waals surface area contributed by atoms with Crippen molar-refractivity contribution in [2.75, 3.05) is 19.6 Å². The summed E-state index contributed by atoms with van der Waals surface area (Å²) in [5.74, 6) is 0.862. The van der Waals surface area contributed by atoms with Crippen LogP contribution in [0.5, 0.6) is 5.75 Å². The van der Waals surface area contributed by atoms with Gasteiger partial charge in [-0.1, -0.05) is 26.0 Å². The van der Waals surface area contributed by atoms with Crippen LogP contribution in [0.1, 0.15) is 52.2 Å². The van der Waals surface area contributed by atoms with Crippen molar-refractivity contribution >= 4 is 0 Å². The van der Waals surface area contributed by atoms with Crippen LogP contribution in [0.25, 0.3) is 0 Å². The molecule has 2 rings (SSSR count). The number of ether oxygens (including phenoxy) is 1. The fourth-order valence-corrected chi connectivity index (χ4v) is 2.73. The zero-order valence-electron chi connectivity index (χ0n) is 13.8. The van der Waals surface area contributed by atoms with E-state index >= 15 is 0 Å². The van der Waals surface area contributed by atoms with Gasteiger partial charge in [0.2, 0.25) is 0 Å². The van der Waals surface area contributed by atoms with E-state index in [-0.39, 0.29) is 6.10 Å². The van der Waals surface area contributed by atoms with Gasteiger partial charge in [0.15, 0.2) is 0 Å². The number of aliphatic hydroxyl groups excluding tert-OH is 1. The molecule has 1 aromatic carbocycles. The number of hydrogen-bond donors (Lipinski definition) is 1. The van der Waals surface area contributed by atoms with Gasteiger partial charge in [0.25, 0.3) is 0 Å². The zero-order valence-corrected chi connectivity index (χ0v) is 13.8. The molecule has 1 aromatic rings. The molecule has 0 saturated carbocycles. The molecule has 1 N–H and O–H groups in total. The van der Waals surface area contributed by atoms with Crippen LogP contribution in [0.2, 0.25) is 0 Å². The van der Waals surface area contributed by atoms with Crippen molar-refractivity contribution in [3.8, 4) is 5.75 Å². The number of piperidine rings is 1.